The third-order valence-electron chi connectivity index (χ3n) is 8.67. The van der Waals surface area contributed by atoms with Gasteiger partial charge in [-0.2, -0.15) is 26.3 Å². The van der Waals surface area contributed by atoms with Gasteiger partial charge in [-0.15, -0.1) is 0 Å². The first-order valence-electron chi connectivity index (χ1n) is 14.8. The van der Waals surface area contributed by atoms with Crippen LogP contribution in [0.5, 0.6) is 5.75 Å². The Hall–Kier alpha value is -3.89. The maximum absolute atomic E-state index is 14.7. The molecule has 48 heavy (non-hydrogen) atoms. The number of nitrogens with one attached hydrogen (secondary N) is 3. The SMILES string of the molecule is Cn1c(Nc2cc(CNC(=O)C3(C(F)(F)F)CC3)c(F)cc2Cl)nc2cc(C(=O)N[C@H]3CC[C@H](C(F)(F)F)CC3)c(OCC(F)F)cc21. The van der Waals surface area contributed by atoms with Crippen molar-refractivity contribution < 1.29 is 53.8 Å². The molecule has 2 aromatic carbocycles. The number of benzene rings is 2. The van der Waals surface area contributed by atoms with Crippen LogP contribution in [-0.4, -0.2) is 52.8 Å². The second-order valence-electron chi connectivity index (χ2n) is 11.9. The molecule has 0 bridgehead atoms. The third-order valence-corrected chi connectivity index (χ3v) is 8.98. The van der Waals surface area contributed by atoms with E-state index < -0.39 is 66.9 Å². The molecule has 1 aromatic heterocycles. The predicted molar refractivity (Wildman–Crippen MR) is 156 cm³/mol. The third kappa shape index (κ3) is 7.39. The highest BCUT2D eigenvalue weighted by molar-refractivity contribution is 6.33. The quantitative estimate of drug-likeness (QED) is 0.189. The number of carbonyl (C=O) groups is 2. The number of hydrogen-bond donors (Lipinski definition) is 3. The van der Waals surface area contributed by atoms with Gasteiger partial charge in [-0.05, 0) is 56.7 Å². The maximum atomic E-state index is 14.7. The van der Waals surface area contributed by atoms with E-state index in [1.165, 1.54) is 29.8 Å². The lowest BCUT2D eigenvalue weighted by molar-refractivity contribution is -0.192. The highest BCUT2D eigenvalue weighted by Gasteiger charge is 2.68. The summed E-state index contributed by atoms with van der Waals surface area (Å²) >= 11 is 6.22. The fourth-order valence-corrected chi connectivity index (χ4v) is 5.86. The topological polar surface area (TPSA) is 97.3 Å². The molecule has 2 fully saturated rings. The van der Waals surface area contributed by atoms with Gasteiger partial charge in [-0.1, -0.05) is 11.6 Å². The fourth-order valence-electron chi connectivity index (χ4n) is 5.66. The van der Waals surface area contributed by atoms with Gasteiger partial charge in [0.15, 0.2) is 0 Å². The first kappa shape index (κ1) is 35.4. The minimum absolute atomic E-state index is 0.0549. The minimum Gasteiger partial charge on any atom is -0.487 e. The average Bonchev–Trinajstić information content (AvgIpc) is 3.77. The first-order chi connectivity index (χ1) is 22.4. The zero-order chi connectivity index (χ0) is 35.2. The summed E-state index contributed by atoms with van der Waals surface area (Å²) in [6.07, 6.45) is -12.9. The van der Waals surface area contributed by atoms with E-state index in [2.05, 4.69) is 20.9 Å². The Balaban J connectivity index is 1.37. The van der Waals surface area contributed by atoms with Crippen LogP contribution >= 0.6 is 11.6 Å². The minimum atomic E-state index is -4.75. The standard InChI is InChI=1S/C30H29ClF9N5O3/c1-45-22-11-23(48-13-24(33)34)17(25(46)42-16-4-2-15(3-5-16)29(35,36)37)9-21(22)44-27(45)43-20-8-14(19(32)10-18(20)31)12-41-26(47)28(6-7-28)30(38,39)40/h8-11,15-16,24H,2-7,12-13H2,1H3,(H,41,47)(H,42,46)(H,43,44)/t15-,16-. The van der Waals surface area contributed by atoms with Gasteiger partial charge >= 0.3 is 12.4 Å². The van der Waals surface area contributed by atoms with E-state index in [1.54, 1.807) is 0 Å². The number of imidazole rings is 1. The van der Waals surface area contributed by atoms with Gasteiger partial charge in [0.2, 0.25) is 11.9 Å². The van der Waals surface area contributed by atoms with Gasteiger partial charge < -0.3 is 25.3 Å². The maximum Gasteiger partial charge on any atom is 0.403 e. The Kier molecular flexibility index (Phi) is 9.74. The van der Waals surface area contributed by atoms with Gasteiger partial charge in [-0.25, -0.2) is 18.2 Å². The summed E-state index contributed by atoms with van der Waals surface area (Å²) in [4.78, 5) is 29.9. The normalized spacial score (nSPS) is 19.3. The number of hydrogen-bond acceptors (Lipinski definition) is 5. The molecule has 262 valence electrons. The molecule has 2 saturated carbocycles. The molecular formula is C30H29ClF9N5O3. The lowest BCUT2D eigenvalue weighted by atomic mass is 9.85. The van der Waals surface area contributed by atoms with Gasteiger partial charge in [-0.3, -0.25) is 9.59 Å². The number of nitrogens with zero attached hydrogens (tertiary/aromatic N) is 2. The molecule has 8 nitrogen and oxygen atoms in total. The van der Waals surface area contributed by atoms with E-state index in [0.29, 0.717) is 0 Å². The molecule has 0 atom stereocenters. The molecular weight excluding hydrogens is 685 g/mol. The molecule has 18 heteroatoms. The number of anilines is 2. The molecule has 2 aliphatic carbocycles. The summed E-state index contributed by atoms with van der Waals surface area (Å²) in [5, 5.41) is 7.49. The van der Waals surface area contributed by atoms with Gasteiger partial charge in [0.25, 0.3) is 12.3 Å². The number of ether oxygens (including phenoxy) is 1. The highest BCUT2D eigenvalue weighted by Crippen LogP contribution is 2.57. The Labute approximate surface area is 272 Å². The van der Waals surface area contributed by atoms with Crippen molar-refractivity contribution in [2.75, 3.05) is 11.9 Å². The summed E-state index contributed by atoms with van der Waals surface area (Å²) < 4.78 is 127. The first-order valence-corrected chi connectivity index (χ1v) is 15.2. The summed E-state index contributed by atoms with van der Waals surface area (Å²) in [6, 6.07) is 4.03. The van der Waals surface area contributed by atoms with Crippen molar-refractivity contribution >= 4 is 46.1 Å². The van der Waals surface area contributed by atoms with Crippen molar-refractivity contribution in [1.82, 2.24) is 20.2 Å². The van der Waals surface area contributed by atoms with Gasteiger partial charge in [0.05, 0.1) is 33.2 Å². The summed E-state index contributed by atoms with van der Waals surface area (Å²) in [5.41, 5.74) is -2.35. The zero-order valence-electron chi connectivity index (χ0n) is 25.1. The Morgan fingerprint density at radius 1 is 1.06 bits per heavy atom. The van der Waals surface area contributed by atoms with Crippen LogP contribution in [0.1, 0.15) is 54.4 Å². The number of fused-ring (bicyclic) bond motifs is 1. The molecule has 0 radical (unpaired) electrons. The van der Waals surface area contributed by atoms with E-state index in [4.69, 9.17) is 16.3 Å². The van der Waals surface area contributed by atoms with Crippen molar-refractivity contribution in [3.05, 3.63) is 46.2 Å². The van der Waals surface area contributed by atoms with E-state index in [9.17, 15) is 49.1 Å². The second kappa shape index (κ2) is 13.2. The number of rotatable bonds is 10. The monoisotopic (exact) mass is 713 g/mol. The molecule has 0 unspecified atom stereocenters. The van der Waals surface area contributed by atoms with E-state index in [0.717, 1.165) is 6.07 Å². The van der Waals surface area contributed by atoms with E-state index >= 15 is 0 Å². The summed E-state index contributed by atoms with van der Waals surface area (Å²) in [6.45, 7) is -1.63. The molecule has 0 saturated heterocycles. The molecule has 5 rings (SSSR count). The molecule has 1 heterocycles. The van der Waals surface area contributed by atoms with E-state index in [1.807, 2.05) is 0 Å². The summed E-state index contributed by atoms with van der Waals surface area (Å²) in [7, 11) is 1.51. The van der Waals surface area contributed by atoms with Crippen LogP contribution in [0.4, 0.5) is 51.1 Å². The van der Waals surface area contributed by atoms with Crippen molar-refractivity contribution in [2.45, 2.75) is 69.9 Å². The zero-order valence-corrected chi connectivity index (χ0v) is 25.9. The Morgan fingerprint density at radius 3 is 2.31 bits per heavy atom. The highest BCUT2D eigenvalue weighted by atomic mass is 35.5. The average molecular weight is 714 g/mol. The van der Waals surface area contributed by atoms with Crippen molar-refractivity contribution in [1.29, 1.82) is 0 Å². The lowest BCUT2D eigenvalue weighted by Gasteiger charge is -2.30. The molecule has 0 spiro atoms. The Morgan fingerprint density at radius 2 is 1.73 bits per heavy atom. The largest absolute Gasteiger partial charge is 0.487 e. The Bertz CT molecular complexity index is 1700. The van der Waals surface area contributed by atoms with Crippen LogP contribution in [0.15, 0.2) is 24.3 Å². The predicted octanol–water partition coefficient (Wildman–Crippen LogP) is 7.56. The van der Waals surface area contributed by atoms with Gasteiger partial charge in [0, 0.05) is 31.3 Å². The number of aromatic nitrogens is 2. The van der Waals surface area contributed by atoms with E-state index in [-0.39, 0.29) is 83.1 Å². The number of halogens is 10. The second-order valence-corrected chi connectivity index (χ2v) is 12.3. The van der Waals surface area contributed by atoms with Crippen molar-refractivity contribution in [3.63, 3.8) is 0 Å². The van der Waals surface area contributed by atoms with Crippen LogP contribution in [0, 0.1) is 17.2 Å². The molecule has 3 aromatic rings. The number of alkyl halides is 8. The van der Waals surface area contributed by atoms with Crippen molar-refractivity contribution in [2.24, 2.45) is 18.4 Å². The van der Waals surface area contributed by atoms with Crippen LogP contribution in [0.3, 0.4) is 0 Å². The number of amides is 2. The lowest BCUT2D eigenvalue weighted by Crippen LogP contribution is -2.41. The van der Waals surface area contributed by atoms with Gasteiger partial charge in [0.1, 0.15) is 23.6 Å². The number of carbonyl (C=O) groups excluding carboxylic acids is 2. The molecule has 2 aliphatic rings. The van der Waals surface area contributed by atoms with Crippen molar-refractivity contribution in [3.8, 4) is 5.75 Å². The van der Waals surface area contributed by atoms with Crippen LogP contribution in [0.25, 0.3) is 11.0 Å². The molecule has 2 amide bonds. The van der Waals surface area contributed by atoms with Crippen LogP contribution in [-0.2, 0) is 18.4 Å². The molecule has 0 aliphatic heterocycles. The molecule has 3 N–H and O–H groups in total. The van der Waals surface area contributed by atoms with Crippen LogP contribution < -0.4 is 20.7 Å². The summed E-state index contributed by atoms with van der Waals surface area (Å²) in [5.74, 6) is -4.57. The fraction of sp³-hybridized carbons (Fsp3) is 0.500. The van der Waals surface area contributed by atoms with Crippen LogP contribution in [0.2, 0.25) is 5.02 Å². The smallest absolute Gasteiger partial charge is 0.403 e. The number of aryl methyl sites for hydroxylation is 1.